The Bertz CT molecular complexity index is 419. The maximum atomic E-state index is 12.6. The van der Waals surface area contributed by atoms with Crippen LogP contribution in [0.4, 0.5) is 4.39 Å². The van der Waals surface area contributed by atoms with Crippen molar-refractivity contribution in [3.8, 4) is 5.82 Å². The monoisotopic (exact) mass is 191 g/mol. The summed E-state index contributed by atoms with van der Waals surface area (Å²) in [6.45, 7) is 2.06. The van der Waals surface area contributed by atoms with E-state index in [1.807, 2.05) is 12.1 Å². The summed E-state index contributed by atoms with van der Waals surface area (Å²) < 4.78 is 14.1. The summed E-state index contributed by atoms with van der Waals surface area (Å²) in [5.41, 5.74) is 1.15. The molecule has 0 saturated carbocycles. The average Bonchev–Trinajstić information content (AvgIpc) is 2.65. The summed E-state index contributed by atoms with van der Waals surface area (Å²) in [5.74, 6) is 0.275. The molecule has 0 N–H and O–H groups in total. The Balaban J connectivity index is 2.33. The summed E-state index contributed by atoms with van der Waals surface area (Å²) >= 11 is 0. The van der Waals surface area contributed by atoms with Crippen molar-refractivity contribution in [1.29, 1.82) is 0 Å². The van der Waals surface area contributed by atoms with Gasteiger partial charge in [-0.25, -0.2) is 14.1 Å². The van der Waals surface area contributed by atoms with Crippen LogP contribution in [0.3, 0.4) is 0 Å². The molecule has 0 fully saturated rings. The molecule has 0 amide bonds. The number of hydrogen-bond donors (Lipinski definition) is 0. The van der Waals surface area contributed by atoms with Gasteiger partial charge in [0.2, 0.25) is 0 Å². The van der Waals surface area contributed by atoms with Crippen molar-refractivity contribution in [3.05, 3.63) is 42.1 Å². The second kappa shape index (κ2) is 3.57. The minimum Gasteiger partial charge on any atom is -0.237 e. The van der Waals surface area contributed by atoms with Gasteiger partial charge in [-0.3, -0.25) is 0 Å². The number of rotatable bonds is 2. The van der Waals surface area contributed by atoms with Crippen LogP contribution in [-0.2, 0) is 6.42 Å². The summed E-state index contributed by atoms with van der Waals surface area (Å²) in [7, 11) is 0. The lowest BCUT2D eigenvalue weighted by Crippen LogP contribution is -1.97. The molecule has 0 spiro atoms. The Morgan fingerprint density at radius 1 is 1.36 bits per heavy atom. The summed E-state index contributed by atoms with van der Waals surface area (Å²) in [6, 6.07) is 3.78. The van der Waals surface area contributed by atoms with Crippen LogP contribution in [0.15, 0.2) is 30.7 Å². The highest BCUT2D eigenvalue weighted by atomic mass is 19.1. The van der Waals surface area contributed by atoms with Crippen molar-refractivity contribution in [2.24, 2.45) is 0 Å². The van der Waals surface area contributed by atoms with Crippen molar-refractivity contribution >= 4 is 0 Å². The molecule has 2 rings (SSSR count). The Labute approximate surface area is 81.2 Å². The van der Waals surface area contributed by atoms with Gasteiger partial charge in [0.25, 0.3) is 0 Å². The molecule has 0 unspecified atom stereocenters. The Kier molecular flexibility index (Phi) is 2.26. The topological polar surface area (TPSA) is 30.7 Å². The Morgan fingerprint density at radius 2 is 2.21 bits per heavy atom. The largest absolute Gasteiger partial charge is 0.237 e. The number of aryl methyl sites for hydroxylation is 1. The highest BCUT2D eigenvalue weighted by molar-refractivity contribution is 5.24. The highest BCUT2D eigenvalue weighted by Crippen LogP contribution is 2.06. The van der Waals surface area contributed by atoms with Gasteiger partial charge in [-0.2, -0.15) is 5.10 Å². The molecule has 72 valence electrons. The van der Waals surface area contributed by atoms with E-state index >= 15 is 0 Å². The lowest BCUT2D eigenvalue weighted by molar-refractivity contribution is 0.627. The van der Waals surface area contributed by atoms with E-state index in [9.17, 15) is 4.39 Å². The fourth-order valence-corrected chi connectivity index (χ4v) is 1.19. The molecule has 4 heteroatoms. The third-order valence-corrected chi connectivity index (χ3v) is 2.00. The van der Waals surface area contributed by atoms with E-state index in [-0.39, 0.29) is 5.82 Å². The maximum absolute atomic E-state index is 12.6. The second-order valence-electron chi connectivity index (χ2n) is 2.98. The molecule has 0 aliphatic carbocycles. The quantitative estimate of drug-likeness (QED) is 0.726. The van der Waals surface area contributed by atoms with Crippen LogP contribution < -0.4 is 0 Å². The smallest absolute Gasteiger partial charge is 0.161 e. The molecular weight excluding hydrogens is 181 g/mol. The minimum atomic E-state index is -0.355. The fraction of sp³-hybridized carbons (Fsp3) is 0.200. The van der Waals surface area contributed by atoms with Crippen LogP contribution in [0.5, 0.6) is 0 Å². The number of halogens is 1. The van der Waals surface area contributed by atoms with Crippen molar-refractivity contribution in [2.45, 2.75) is 13.3 Å². The molecule has 2 aromatic rings. The van der Waals surface area contributed by atoms with Gasteiger partial charge < -0.3 is 0 Å². The fourth-order valence-electron chi connectivity index (χ4n) is 1.19. The van der Waals surface area contributed by atoms with E-state index in [0.29, 0.717) is 5.82 Å². The first-order valence-electron chi connectivity index (χ1n) is 4.45. The van der Waals surface area contributed by atoms with E-state index in [1.54, 1.807) is 6.20 Å². The molecule has 0 atom stereocenters. The predicted octanol–water partition coefficient (Wildman–Crippen LogP) is 1.97. The van der Waals surface area contributed by atoms with Crippen molar-refractivity contribution in [2.75, 3.05) is 0 Å². The first kappa shape index (κ1) is 8.87. The number of aromatic nitrogens is 3. The zero-order valence-electron chi connectivity index (χ0n) is 7.81. The van der Waals surface area contributed by atoms with Gasteiger partial charge in [-0.15, -0.1) is 0 Å². The molecule has 0 aliphatic rings. The molecule has 2 aromatic heterocycles. The number of hydrogen-bond acceptors (Lipinski definition) is 2. The van der Waals surface area contributed by atoms with Crippen LogP contribution in [0.2, 0.25) is 0 Å². The van der Waals surface area contributed by atoms with Gasteiger partial charge >= 0.3 is 0 Å². The van der Waals surface area contributed by atoms with Crippen molar-refractivity contribution < 1.29 is 4.39 Å². The van der Waals surface area contributed by atoms with Crippen LogP contribution in [0, 0.1) is 5.82 Å². The SMILES string of the molecule is CCc1ccc(-n2cc(F)cn2)nc1. The molecule has 0 aromatic carbocycles. The zero-order chi connectivity index (χ0) is 9.97. The molecule has 0 bridgehead atoms. The van der Waals surface area contributed by atoms with Crippen molar-refractivity contribution in [3.63, 3.8) is 0 Å². The third kappa shape index (κ3) is 1.64. The molecule has 2 heterocycles. The summed E-state index contributed by atoms with van der Waals surface area (Å²) in [6.07, 6.45) is 5.18. The van der Waals surface area contributed by atoms with Crippen LogP contribution in [0.25, 0.3) is 5.82 Å². The Hall–Kier alpha value is -1.71. The molecule has 0 saturated heterocycles. The molecular formula is C10H10FN3. The Morgan fingerprint density at radius 3 is 2.71 bits per heavy atom. The van der Waals surface area contributed by atoms with Crippen LogP contribution >= 0.6 is 0 Å². The van der Waals surface area contributed by atoms with Gasteiger partial charge in [0, 0.05) is 6.20 Å². The van der Waals surface area contributed by atoms with E-state index in [0.717, 1.165) is 18.2 Å². The molecule has 0 radical (unpaired) electrons. The first-order valence-corrected chi connectivity index (χ1v) is 4.45. The van der Waals surface area contributed by atoms with E-state index in [1.165, 1.54) is 10.9 Å². The molecule has 14 heavy (non-hydrogen) atoms. The number of pyridine rings is 1. The highest BCUT2D eigenvalue weighted by Gasteiger charge is 2.00. The normalized spacial score (nSPS) is 10.4. The van der Waals surface area contributed by atoms with E-state index < -0.39 is 0 Å². The lowest BCUT2D eigenvalue weighted by Gasteiger charge is -2.00. The van der Waals surface area contributed by atoms with Crippen molar-refractivity contribution in [1.82, 2.24) is 14.8 Å². The zero-order valence-corrected chi connectivity index (χ0v) is 7.81. The minimum absolute atomic E-state index is 0.355. The van der Waals surface area contributed by atoms with Gasteiger partial charge in [0.05, 0.1) is 12.4 Å². The van der Waals surface area contributed by atoms with E-state index in [2.05, 4.69) is 17.0 Å². The average molecular weight is 191 g/mol. The van der Waals surface area contributed by atoms with Crippen LogP contribution in [-0.4, -0.2) is 14.8 Å². The van der Waals surface area contributed by atoms with Gasteiger partial charge in [-0.05, 0) is 18.1 Å². The number of nitrogens with zero attached hydrogens (tertiary/aromatic N) is 3. The van der Waals surface area contributed by atoms with E-state index in [4.69, 9.17) is 0 Å². The third-order valence-electron chi connectivity index (χ3n) is 2.00. The van der Waals surface area contributed by atoms with Gasteiger partial charge in [0.1, 0.15) is 0 Å². The maximum Gasteiger partial charge on any atom is 0.161 e. The molecule has 0 aliphatic heterocycles. The van der Waals surface area contributed by atoms with Crippen LogP contribution in [0.1, 0.15) is 12.5 Å². The first-order chi connectivity index (χ1) is 6.79. The lowest BCUT2D eigenvalue weighted by atomic mass is 10.2. The molecule has 3 nitrogen and oxygen atoms in total. The standard InChI is InChI=1S/C10H10FN3/c1-2-8-3-4-10(12-5-8)14-7-9(11)6-13-14/h3-7H,2H2,1H3. The summed E-state index contributed by atoms with van der Waals surface area (Å²) in [5, 5.41) is 3.82. The summed E-state index contributed by atoms with van der Waals surface area (Å²) in [4.78, 5) is 4.17. The predicted molar refractivity (Wildman–Crippen MR) is 50.7 cm³/mol. The van der Waals surface area contributed by atoms with Gasteiger partial charge in [0.15, 0.2) is 11.6 Å². The van der Waals surface area contributed by atoms with Gasteiger partial charge in [-0.1, -0.05) is 13.0 Å². The second-order valence-corrected chi connectivity index (χ2v) is 2.98.